The molecule has 3 rings (SSSR count). The van der Waals surface area contributed by atoms with Crippen LogP contribution in [0.3, 0.4) is 0 Å². The summed E-state index contributed by atoms with van der Waals surface area (Å²) in [5.41, 5.74) is 2.18. The smallest absolute Gasteiger partial charge is 0.273 e. The lowest BCUT2D eigenvalue weighted by Crippen LogP contribution is -2.29. The van der Waals surface area contributed by atoms with Crippen molar-refractivity contribution in [2.45, 2.75) is 13.8 Å². The molecule has 144 valence electrons. The Morgan fingerprint density at radius 1 is 1.21 bits per heavy atom. The minimum absolute atomic E-state index is 0.0633. The number of nitrogens with zero attached hydrogens (tertiary/aromatic N) is 4. The van der Waals surface area contributed by atoms with Crippen molar-refractivity contribution in [2.75, 3.05) is 13.2 Å². The number of carbonyl (C=O) groups is 1. The molecule has 0 fully saturated rings. The number of nitro benzene ring substituents is 1. The minimum Gasteiger partial charge on any atom is -0.492 e. The van der Waals surface area contributed by atoms with Crippen LogP contribution in [0.25, 0.3) is 5.69 Å². The second-order valence-corrected chi connectivity index (χ2v) is 6.13. The molecule has 0 bridgehead atoms. The van der Waals surface area contributed by atoms with Gasteiger partial charge in [0.25, 0.3) is 11.6 Å². The SMILES string of the molecule is Cc1ccc(OCCNC(=O)c2nnn(-c3cccc([N+](=O)[O-])c3)c2C)cc1. The van der Waals surface area contributed by atoms with E-state index in [0.29, 0.717) is 24.5 Å². The Morgan fingerprint density at radius 2 is 1.96 bits per heavy atom. The van der Waals surface area contributed by atoms with Gasteiger partial charge in [0.15, 0.2) is 5.69 Å². The van der Waals surface area contributed by atoms with E-state index in [9.17, 15) is 14.9 Å². The lowest BCUT2D eigenvalue weighted by Gasteiger charge is -2.07. The number of carbonyl (C=O) groups excluding carboxylic acids is 1. The van der Waals surface area contributed by atoms with Gasteiger partial charge in [0.2, 0.25) is 0 Å². The second-order valence-electron chi connectivity index (χ2n) is 6.13. The van der Waals surface area contributed by atoms with Crippen molar-refractivity contribution >= 4 is 11.6 Å². The van der Waals surface area contributed by atoms with Crippen molar-refractivity contribution in [2.24, 2.45) is 0 Å². The van der Waals surface area contributed by atoms with E-state index in [1.807, 2.05) is 31.2 Å². The topological polar surface area (TPSA) is 112 Å². The predicted octanol–water partition coefficient (Wildman–Crippen LogP) is 2.60. The Kier molecular flexibility index (Phi) is 5.64. The monoisotopic (exact) mass is 381 g/mol. The molecule has 0 spiro atoms. The van der Waals surface area contributed by atoms with Gasteiger partial charge in [0, 0.05) is 12.1 Å². The number of amides is 1. The first-order valence-corrected chi connectivity index (χ1v) is 8.60. The maximum atomic E-state index is 12.4. The molecule has 9 heteroatoms. The summed E-state index contributed by atoms with van der Waals surface area (Å²) in [6.07, 6.45) is 0. The lowest BCUT2D eigenvalue weighted by atomic mass is 10.2. The van der Waals surface area contributed by atoms with E-state index >= 15 is 0 Å². The fourth-order valence-corrected chi connectivity index (χ4v) is 2.57. The molecule has 28 heavy (non-hydrogen) atoms. The molecule has 0 unspecified atom stereocenters. The quantitative estimate of drug-likeness (QED) is 0.382. The molecule has 1 amide bonds. The average molecular weight is 381 g/mol. The van der Waals surface area contributed by atoms with Crippen LogP contribution in [0.2, 0.25) is 0 Å². The standard InChI is InChI=1S/C19H19N5O4/c1-13-6-8-17(9-7-13)28-11-10-20-19(25)18-14(2)23(22-21-18)15-4-3-5-16(12-15)24(26)27/h3-9,12H,10-11H2,1-2H3,(H,20,25). The van der Waals surface area contributed by atoms with Crippen molar-refractivity contribution in [3.05, 3.63) is 75.6 Å². The van der Waals surface area contributed by atoms with Crippen LogP contribution in [0.15, 0.2) is 48.5 Å². The Labute approximate surface area is 161 Å². The lowest BCUT2D eigenvalue weighted by molar-refractivity contribution is -0.384. The minimum atomic E-state index is -0.489. The third-order valence-corrected chi connectivity index (χ3v) is 4.07. The third-order valence-electron chi connectivity index (χ3n) is 4.07. The first-order chi connectivity index (χ1) is 13.5. The van der Waals surface area contributed by atoms with Gasteiger partial charge in [-0.15, -0.1) is 5.10 Å². The van der Waals surface area contributed by atoms with Crippen LogP contribution in [-0.2, 0) is 0 Å². The molecule has 2 aromatic carbocycles. The van der Waals surface area contributed by atoms with E-state index in [1.54, 1.807) is 19.1 Å². The molecule has 9 nitrogen and oxygen atoms in total. The molecule has 1 heterocycles. The molecule has 1 N–H and O–H groups in total. The molecule has 0 aliphatic rings. The highest BCUT2D eigenvalue weighted by atomic mass is 16.6. The Balaban J connectivity index is 1.61. The molecule has 0 aliphatic heterocycles. The van der Waals surface area contributed by atoms with Gasteiger partial charge in [-0.05, 0) is 32.0 Å². The van der Waals surface area contributed by atoms with Crippen molar-refractivity contribution < 1.29 is 14.5 Å². The predicted molar refractivity (Wildman–Crippen MR) is 102 cm³/mol. The number of rotatable bonds is 7. The number of nitro groups is 1. The van der Waals surface area contributed by atoms with Crippen molar-refractivity contribution in [3.63, 3.8) is 0 Å². The van der Waals surface area contributed by atoms with E-state index < -0.39 is 4.92 Å². The number of aromatic nitrogens is 3. The zero-order valence-corrected chi connectivity index (χ0v) is 15.5. The van der Waals surface area contributed by atoms with Crippen LogP contribution >= 0.6 is 0 Å². The summed E-state index contributed by atoms with van der Waals surface area (Å²) in [5.74, 6) is 0.342. The largest absolute Gasteiger partial charge is 0.492 e. The molecular formula is C19H19N5O4. The van der Waals surface area contributed by atoms with Gasteiger partial charge in [-0.25, -0.2) is 4.68 Å². The number of aryl methyl sites for hydroxylation is 1. The Morgan fingerprint density at radius 3 is 2.68 bits per heavy atom. The molecule has 0 aliphatic carbocycles. The average Bonchev–Trinajstić information content (AvgIpc) is 3.08. The first kappa shape index (κ1) is 19.0. The van der Waals surface area contributed by atoms with Crippen LogP contribution in [0.5, 0.6) is 5.75 Å². The van der Waals surface area contributed by atoms with Gasteiger partial charge in [0.1, 0.15) is 12.4 Å². The summed E-state index contributed by atoms with van der Waals surface area (Å²) in [4.78, 5) is 22.8. The molecule has 0 saturated heterocycles. The number of hydrogen-bond acceptors (Lipinski definition) is 6. The van der Waals surface area contributed by atoms with Gasteiger partial charge in [-0.2, -0.15) is 0 Å². The molecule has 1 aromatic heterocycles. The fourth-order valence-electron chi connectivity index (χ4n) is 2.57. The Bertz CT molecular complexity index is 998. The van der Waals surface area contributed by atoms with Crippen molar-refractivity contribution in [1.82, 2.24) is 20.3 Å². The van der Waals surface area contributed by atoms with Crippen LogP contribution in [0.1, 0.15) is 21.7 Å². The van der Waals surface area contributed by atoms with E-state index in [1.165, 1.54) is 16.8 Å². The molecule has 0 radical (unpaired) electrons. The van der Waals surface area contributed by atoms with Gasteiger partial charge in [-0.3, -0.25) is 14.9 Å². The van der Waals surface area contributed by atoms with Crippen LogP contribution < -0.4 is 10.1 Å². The maximum Gasteiger partial charge on any atom is 0.273 e. The number of benzene rings is 2. The second kappa shape index (κ2) is 8.30. The van der Waals surface area contributed by atoms with E-state index in [4.69, 9.17) is 4.74 Å². The summed E-state index contributed by atoms with van der Waals surface area (Å²) in [6, 6.07) is 13.6. The zero-order valence-electron chi connectivity index (χ0n) is 15.5. The fraction of sp³-hybridized carbons (Fsp3) is 0.211. The third kappa shape index (κ3) is 4.32. The number of hydrogen-bond donors (Lipinski definition) is 1. The summed E-state index contributed by atoms with van der Waals surface area (Å²) in [6.45, 7) is 4.28. The van der Waals surface area contributed by atoms with Gasteiger partial charge >= 0.3 is 0 Å². The van der Waals surface area contributed by atoms with Crippen molar-refractivity contribution in [1.29, 1.82) is 0 Å². The van der Waals surface area contributed by atoms with Crippen LogP contribution in [-0.4, -0.2) is 39.0 Å². The van der Waals surface area contributed by atoms with Gasteiger partial charge < -0.3 is 10.1 Å². The van der Waals surface area contributed by atoms with Gasteiger partial charge in [-0.1, -0.05) is 29.0 Å². The highest BCUT2D eigenvalue weighted by Crippen LogP contribution is 2.18. The van der Waals surface area contributed by atoms with Crippen LogP contribution in [0, 0.1) is 24.0 Å². The first-order valence-electron chi connectivity index (χ1n) is 8.60. The molecule has 0 atom stereocenters. The Hall–Kier alpha value is -3.75. The molecular weight excluding hydrogens is 362 g/mol. The van der Waals surface area contributed by atoms with E-state index in [-0.39, 0.29) is 17.3 Å². The van der Waals surface area contributed by atoms with Crippen molar-refractivity contribution in [3.8, 4) is 11.4 Å². The number of non-ortho nitro benzene ring substituents is 1. The zero-order chi connectivity index (χ0) is 20.1. The summed E-state index contributed by atoms with van der Waals surface area (Å²) in [5, 5.41) is 21.5. The highest BCUT2D eigenvalue weighted by Gasteiger charge is 2.18. The summed E-state index contributed by atoms with van der Waals surface area (Å²) in [7, 11) is 0. The summed E-state index contributed by atoms with van der Waals surface area (Å²) >= 11 is 0. The van der Waals surface area contributed by atoms with Gasteiger partial charge in [0.05, 0.1) is 22.8 Å². The highest BCUT2D eigenvalue weighted by molar-refractivity contribution is 5.93. The normalized spacial score (nSPS) is 10.5. The van der Waals surface area contributed by atoms with E-state index in [2.05, 4.69) is 15.6 Å². The number of nitrogens with one attached hydrogen (secondary N) is 1. The molecule has 0 saturated carbocycles. The van der Waals surface area contributed by atoms with E-state index in [0.717, 1.165) is 11.3 Å². The number of ether oxygens (including phenoxy) is 1. The van der Waals surface area contributed by atoms with Crippen LogP contribution in [0.4, 0.5) is 5.69 Å². The molecule has 3 aromatic rings. The summed E-state index contributed by atoms with van der Waals surface area (Å²) < 4.78 is 6.96. The maximum absolute atomic E-state index is 12.4.